The van der Waals surface area contributed by atoms with E-state index in [9.17, 15) is 4.79 Å². The van der Waals surface area contributed by atoms with Crippen LogP contribution in [-0.4, -0.2) is 25.9 Å². The molecule has 25 heavy (non-hydrogen) atoms. The standard InChI is InChI=1S/C19H24N4OS/c1-3-12-23-17(15-10-11-15)21-22-19(23)25-16(4-2)18(24)20-13-14-8-6-5-7-9-14/h3,5-9,15-16H,1,4,10-13H2,2H3,(H,20,24). The number of carbonyl (C=O) groups excluding carboxylic acids is 1. The van der Waals surface area contributed by atoms with E-state index in [1.165, 1.54) is 24.6 Å². The number of hydrogen-bond donors (Lipinski definition) is 1. The van der Waals surface area contributed by atoms with Crippen molar-refractivity contribution in [2.75, 3.05) is 0 Å². The number of amides is 1. The molecule has 0 radical (unpaired) electrons. The second-order valence-corrected chi connectivity index (χ2v) is 7.40. The quantitative estimate of drug-likeness (QED) is 0.551. The van der Waals surface area contributed by atoms with Crippen molar-refractivity contribution in [1.29, 1.82) is 0 Å². The van der Waals surface area contributed by atoms with E-state index in [1.54, 1.807) is 0 Å². The first-order valence-corrected chi connectivity index (χ1v) is 9.63. The zero-order valence-electron chi connectivity index (χ0n) is 14.5. The lowest BCUT2D eigenvalue weighted by Gasteiger charge is -2.15. The summed E-state index contributed by atoms with van der Waals surface area (Å²) < 4.78 is 2.10. The minimum absolute atomic E-state index is 0.0393. The zero-order chi connectivity index (χ0) is 17.6. The van der Waals surface area contributed by atoms with E-state index in [4.69, 9.17) is 0 Å². The summed E-state index contributed by atoms with van der Waals surface area (Å²) in [6.07, 6.45) is 4.95. The molecule has 0 saturated heterocycles. The van der Waals surface area contributed by atoms with Crippen molar-refractivity contribution in [3.63, 3.8) is 0 Å². The summed E-state index contributed by atoms with van der Waals surface area (Å²) in [5, 5.41) is 12.3. The Morgan fingerprint density at radius 1 is 1.40 bits per heavy atom. The van der Waals surface area contributed by atoms with Gasteiger partial charge in [-0.2, -0.15) is 0 Å². The van der Waals surface area contributed by atoms with Gasteiger partial charge in [0, 0.05) is 19.0 Å². The maximum absolute atomic E-state index is 12.6. The highest BCUT2D eigenvalue weighted by Gasteiger charge is 2.31. The smallest absolute Gasteiger partial charge is 0.233 e. The van der Waals surface area contributed by atoms with Crippen molar-refractivity contribution in [3.05, 3.63) is 54.4 Å². The normalized spacial score (nSPS) is 14.9. The second-order valence-electron chi connectivity index (χ2n) is 6.23. The molecule has 1 N–H and O–H groups in total. The highest BCUT2D eigenvalue weighted by molar-refractivity contribution is 8.00. The van der Waals surface area contributed by atoms with E-state index in [2.05, 4.69) is 26.7 Å². The van der Waals surface area contributed by atoms with Crippen LogP contribution >= 0.6 is 11.8 Å². The first-order chi connectivity index (χ1) is 12.2. The first kappa shape index (κ1) is 17.7. The molecular formula is C19H24N4OS. The highest BCUT2D eigenvalue weighted by Crippen LogP contribution is 2.40. The second kappa shape index (κ2) is 8.34. The van der Waals surface area contributed by atoms with E-state index < -0.39 is 0 Å². The topological polar surface area (TPSA) is 59.8 Å². The lowest BCUT2D eigenvalue weighted by molar-refractivity contribution is -0.120. The predicted molar refractivity (Wildman–Crippen MR) is 100 cm³/mol. The van der Waals surface area contributed by atoms with Gasteiger partial charge in [-0.3, -0.25) is 4.79 Å². The zero-order valence-corrected chi connectivity index (χ0v) is 15.3. The Morgan fingerprint density at radius 3 is 2.80 bits per heavy atom. The fraction of sp³-hybridized carbons (Fsp3) is 0.421. The molecule has 0 bridgehead atoms. The van der Waals surface area contributed by atoms with Crippen LogP contribution < -0.4 is 5.32 Å². The maximum Gasteiger partial charge on any atom is 0.233 e. The van der Waals surface area contributed by atoms with Gasteiger partial charge in [-0.15, -0.1) is 16.8 Å². The fourth-order valence-corrected chi connectivity index (χ4v) is 3.67. The molecule has 6 heteroatoms. The molecule has 1 heterocycles. The number of benzene rings is 1. The molecule has 1 atom stereocenters. The molecule has 1 amide bonds. The van der Waals surface area contributed by atoms with Crippen LogP contribution in [0.15, 0.2) is 48.1 Å². The molecule has 1 aliphatic rings. The molecule has 1 aromatic heterocycles. The van der Waals surface area contributed by atoms with Gasteiger partial charge in [-0.25, -0.2) is 0 Å². The average Bonchev–Trinajstić information content (AvgIpc) is 3.41. The number of nitrogens with one attached hydrogen (secondary N) is 1. The Balaban J connectivity index is 1.65. The van der Waals surface area contributed by atoms with Crippen molar-refractivity contribution >= 4 is 17.7 Å². The van der Waals surface area contributed by atoms with Gasteiger partial charge < -0.3 is 9.88 Å². The minimum Gasteiger partial charge on any atom is -0.351 e. The molecule has 1 unspecified atom stereocenters. The van der Waals surface area contributed by atoms with E-state index in [-0.39, 0.29) is 11.2 Å². The summed E-state index contributed by atoms with van der Waals surface area (Å²) in [5.74, 6) is 1.59. The third-order valence-corrected chi connectivity index (χ3v) is 5.56. The van der Waals surface area contributed by atoms with E-state index in [0.717, 1.165) is 23.0 Å². The lowest BCUT2D eigenvalue weighted by Crippen LogP contribution is -2.32. The molecule has 132 valence electrons. The van der Waals surface area contributed by atoms with Crippen molar-refractivity contribution in [1.82, 2.24) is 20.1 Å². The molecule has 2 aromatic rings. The number of aromatic nitrogens is 3. The van der Waals surface area contributed by atoms with Crippen LogP contribution in [0.1, 0.15) is 43.5 Å². The number of rotatable bonds is 9. The summed E-state index contributed by atoms with van der Waals surface area (Å²) in [6, 6.07) is 9.95. The van der Waals surface area contributed by atoms with Crippen LogP contribution in [0.5, 0.6) is 0 Å². The monoisotopic (exact) mass is 356 g/mol. The van der Waals surface area contributed by atoms with Crippen molar-refractivity contribution < 1.29 is 4.79 Å². The molecule has 0 spiro atoms. The maximum atomic E-state index is 12.6. The molecule has 1 aromatic carbocycles. The van der Waals surface area contributed by atoms with E-state index in [0.29, 0.717) is 19.0 Å². The molecule has 0 aliphatic heterocycles. The first-order valence-electron chi connectivity index (χ1n) is 8.75. The molecule has 1 fully saturated rings. The van der Waals surface area contributed by atoms with E-state index >= 15 is 0 Å². The van der Waals surface area contributed by atoms with Gasteiger partial charge in [0.2, 0.25) is 5.91 Å². The average molecular weight is 356 g/mol. The van der Waals surface area contributed by atoms with E-state index in [1.807, 2.05) is 43.3 Å². The summed E-state index contributed by atoms with van der Waals surface area (Å²) in [7, 11) is 0. The lowest BCUT2D eigenvalue weighted by atomic mass is 10.2. The summed E-state index contributed by atoms with van der Waals surface area (Å²) >= 11 is 1.49. The van der Waals surface area contributed by atoms with Crippen LogP contribution in [0.4, 0.5) is 0 Å². The van der Waals surface area contributed by atoms with Gasteiger partial charge in [-0.1, -0.05) is 55.1 Å². The number of hydrogen-bond acceptors (Lipinski definition) is 4. The van der Waals surface area contributed by atoms with Gasteiger partial charge in [0.15, 0.2) is 5.16 Å². The van der Waals surface area contributed by atoms with Gasteiger partial charge in [0.1, 0.15) is 5.82 Å². The van der Waals surface area contributed by atoms with Crippen molar-refractivity contribution in [3.8, 4) is 0 Å². The molecular weight excluding hydrogens is 332 g/mol. The van der Waals surface area contributed by atoms with Crippen molar-refractivity contribution in [2.45, 2.75) is 55.6 Å². The fourth-order valence-electron chi connectivity index (χ4n) is 2.68. The number of allylic oxidation sites excluding steroid dienone is 1. The Morgan fingerprint density at radius 2 is 2.16 bits per heavy atom. The van der Waals surface area contributed by atoms with Gasteiger partial charge in [0.25, 0.3) is 0 Å². The van der Waals surface area contributed by atoms with Crippen molar-refractivity contribution in [2.24, 2.45) is 0 Å². The summed E-state index contributed by atoms with van der Waals surface area (Å²) in [6.45, 7) is 7.08. The third kappa shape index (κ3) is 4.51. The largest absolute Gasteiger partial charge is 0.351 e. The predicted octanol–water partition coefficient (Wildman–Crippen LogP) is 3.53. The summed E-state index contributed by atoms with van der Waals surface area (Å²) in [4.78, 5) is 12.6. The van der Waals surface area contributed by atoms with Crippen LogP contribution in [-0.2, 0) is 17.9 Å². The summed E-state index contributed by atoms with van der Waals surface area (Å²) in [5.41, 5.74) is 1.10. The number of thioether (sulfide) groups is 1. The Kier molecular flexibility index (Phi) is 5.91. The van der Waals surface area contributed by atoms with Crippen LogP contribution in [0.2, 0.25) is 0 Å². The number of carbonyl (C=O) groups is 1. The molecule has 3 rings (SSSR count). The third-order valence-electron chi connectivity index (χ3n) is 4.22. The minimum atomic E-state index is -0.177. The Hall–Kier alpha value is -2.08. The van der Waals surface area contributed by atoms with Gasteiger partial charge in [-0.05, 0) is 24.8 Å². The highest BCUT2D eigenvalue weighted by atomic mass is 32.2. The molecule has 1 aliphatic carbocycles. The number of nitrogens with zero attached hydrogens (tertiary/aromatic N) is 3. The molecule has 1 saturated carbocycles. The van der Waals surface area contributed by atoms with Crippen LogP contribution in [0.25, 0.3) is 0 Å². The Labute approximate surface area is 152 Å². The Bertz CT molecular complexity index is 724. The molecule has 5 nitrogen and oxygen atoms in total. The SMILES string of the molecule is C=CCn1c(SC(CC)C(=O)NCc2ccccc2)nnc1C1CC1. The van der Waals surface area contributed by atoms with Crippen LogP contribution in [0.3, 0.4) is 0 Å². The van der Waals surface area contributed by atoms with Crippen LogP contribution in [0, 0.1) is 0 Å². The van der Waals surface area contributed by atoms with Gasteiger partial charge >= 0.3 is 0 Å². The van der Waals surface area contributed by atoms with Gasteiger partial charge in [0.05, 0.1) is 5.25 Å².